The van der Waals surface area contributed by atoms with Gasteiger partial charge >= 0.3 is 0 Å². The number of primary sulfonamides is 1. The molecule has 3 N–H and O–H groups in total. The Kier molecular flexibility index (Phi) is 5.72. The zero-order valence-electron chi connectivity index (χ0n) is 10.1. The number of hydrogen-bond donors (Lipinski definition) is 2. The molecule has 1 unspecified atom stereocenters. The molecule has 0 saturated heterocycles. The fourth-order valence-corrected chi connectivity index (χ4v) is 2.95. The molecule has 1 rings (SSSR count). The number of rotatable bonds is 6. The van der Waals surface area contributed by atoms with Crippen LogP contribution in [0.2, 0.25) is 0 Å². The smallest absolute Gasteiger partial charge is 0.209 e. The molecule has 1 aliphatic carbocycles. The lowest BCUT2D eigenvalue weighted by molar-refractivity contribution is 0.282. The summed E-state index contributed by atoms with van der Waals surface area (Å²) in [4.78, 5) is 0. The lowest BCUT2D eigenvalue weighted by atomic mass is 9.84. The molecule has 1 fully saturated rings. The van der Waals surface area contributed by atoms with Crippen molar-refractivity contribution in [2.45, 2.75) is 51.5 Å². The molecule has 16 heavy (non-hydrogen) atoms. The van der Waals surface area contributed by atoms with E-state index >= 15 is 0 Å². The summed E-state index contributed by atoms with van der Waals surface area (Å²) in [5.74, 6) is 0.848. The van der Waals surface area contributed by atoms with E-state index in [1.807, 2.05) is 0 Å². The lowest BCUT2D eigenvalue weighted by Gasteiger charge is -2.28. The first-order chi connectivity index (χ1) is 7.49. The van der Waals surface area contributed by atoms with E-state index in [1.54, 1.807) is 0 Å². The second-order valence-electron chi connectivity index (χ2n) is 4.86. The van der Waals surface area contributed by atoms with E-state index in [4.69, 9.17) is 5.14 Å². The van der Waals surface area contributed by atoms with Crippen molar-refractivity contribution >= 4 is 10.0 Å². The maximum Gasteiger partial charge on any atom is 0.209 e. The van der Waals surface area contributed by atoms with Crippen LogP contribution in [0.5, 0.6) is 0 Å². The van der Waals surface area contributed by atoms with Crippen LogP contribution in [0.3, 0.4) is 0 Å². The molecular weight excluding hydrogens is 224 g/mol. The van der Waals surface area contributed by atoms with Crippen molar-refractivity contribution in [2.24, 2.45) is 11.1 Å². The molecule has 4 nitrogen and oxygen atoms in total. The zero-order valence-corrected chi connectivity index (χ0v) is 10.9. The maximum atomic E-state index is 10.7. The first-order valence-electron chi connectivity index (χ1n) is 6.23. The Morgan fingerprint density at radius 3 is 2.50 bits per heavy atom. The molecule has 5 heteroatoms. The van der Waals surface area contributed by atoms with Gasteiger partial charge in [0, 0.05) is 6.04 Å². The summed E-state index contributed by atoms with van der Waals surface area (Å²) in [6.45, 7) is 2.95. The van der Waals surface area contributed by atoms with Crippen LogP contribution in [0, 0.1) is 5.92 Å². The third kappa shape index (κ3) is 5.82. The predicted octanol–water partition coefficient (Wildman–Crippen LogP) is 1.22. The third-order valence-corrected chi connectivity index (χ3v) is 4.29. The summed E-state index contributed by atoms with van der Waals surface area (Å²) < 4.78 is 21.5. The molecule has 0 aromatic rings. The van der Waals surface area contributed by atoms with Crippen molar-refractivity contribution < 1.29 is 8.42 Å². The minimum Gasteiger partial charge on any atom is -0.314 e. The Bertz CT molecular complexity index is 284. The van der Waals surface area contributed by atoms with E-state index in [1.165, 1.54) is 32.1 Å². The summed E-state index contributed by atoms with van der Waals surface area (Å²) in [6, 6.07) is 0.501. The van der Waals surface area contributed by atoms with Crippen LogP contribution < -0.4 is 10.5 Å². The van der Waals surface area contributed by atoms with Gasteiger partial charge in [0.15, 0.2) is 0 Å². The Balaban J connectivity index is 2.12. The van der Waals surface area contributed by atoms with Crippen LogP contribution >= 0.6 is 0 Å². The molecule has 96 valence electrons. The SMILES string of the molecule is CC(NCCCS(N)(=O)=O)C1CCCCC1. The van der Waals surface area contributed by atoms with Crippen molar-refractivity contribution in [3.8, 4) is 0 Å². The van der Waals surface area contributed by atoms with Crippen molar-refractivity contribution in [3.05, 3.63) is 0 Å². The Labute approximate surface area is 99.0 Å². The quantitative estimate of drug-likeness (QED) is 0.694. The van der Waals surface area contributed by atoms with Crippen LogP contribution in [0.25, 0.3) is 0 Å². The van der Waals surface area contributed by atoms with E-state index in [2.05, 4.69) is 12.2 Å². The molecule has 0 aromatic heterocycles. The average molecular weight is 248 g/mol. The molecule has 0 bridgehead atoms. The fourth-order valence-electron chi connectivity index (χ4n) is 2.40. The molecule has 0 amide bonds. The molecular formula is C11H24N2O2S. The third-order valence-electron chi connectivity index (χ3n) is 3.43. The van der Waals surface area contributed by atoms with Gasteiger partial charge in [-0.25, -0.2) is 13.6 Å². The van der Waals surface area contributed by atoms with Gasteiger partial charge in [0.05, 0.1) is 5.75 Å². The largest absolute Gasteiger partial charge is 0.314 e. The van der Waals surface area contributed by atoms with Gasteiger partial charge in [-0.15, -0.1) is 0 Å². The Hall–Kier alpha value is -0.130. The fraction of sp³-hybridized carbons (Fsp3) is 1.00. The standard InChI is InChI=1S/C11H24N2O2S/c1-10(11-6-3-2-4-7-11)13-8-5-9-16(12,14)15/h10-11,13H,2-9H2,1H3,(H2,12,14,15). The van der Waals surface area contributed by atoms with Gasteiger partial charge in [0.1, 0.15) is 0 Å². The van der Waals surface area contributed by atoms with Crippen molar-refractivity contribution in [1.29, 1.82) is 0 Å². The summed E-state index contributed by atoms with van der Waals surface area (Å²) in [5, 5.41) is 8.34. The zero-order chi connectivity index (χ0) is 12.0. The van der Waals surface area contributed by atoms with E-state index in [9.17, 15) is 8.42 Å². The van der Waals surface area contributed by atoms with Crippen LogP contribution in [-0.4, -0.2) is 26.8 Å². The summed E-state index contributed by atoms with van der Waals surface area (Å²) in [5.41, 5.74) is 0. The van der Waals surface area contributed by atoms with Crippen molar-refractivity contribution in [3.63, 3.8) is 0 Å². The Morgan fingerprint density at radius 1 is 1.31 bits per heavy atom. The highest BCUT2D eigenvalue weighted by molar-refractivity contribution is 7.89. The molecule has 0 radical (unpaired) electrons. The first-order valence-corrected chi connectivity index (χ1v) is 7.94. The number of nitrogens with one attached hydrogen (secondary N) is 1. The minimum atomic E-state index is -3.29. The highest BCUT2D eigenvalue weighted by atomic mass is 32.2. The van der Waals surface area contributed by atoms with Gasteiger partial charge in [0.2, 0.25) is 10.0 Å². The highest BCUT2D eigenvalue weighted by Gasteiger charge is 2.19. The summed E-state index contributed by atoms with van der Waals surface area (Å²) in [7, 11) is -3.29. The second kappa shape index (κ2) is 6.57. The highest BCUT2D eigenvalue weighted by Crippen LogP contribution is 2.26. The van der Waals surface area contributed by atoms with Gasteiger partial charge < -0.3 is 5.32 Å². The second-order valence-corrected chi connectivity index (χ2v) is 6.60. The van der Waals surface area contributed by atoms with Gasteiger partial charge in [-0.2, -0.15) is 0 Å². The molecule has 0 spiro atoms. The molecule has 0 heterocycles. The van der Waals surface area contributed by atoms with Crippen LogP contribution in [-0.2, 0) is 10.0 Å². The topological polar surface area (TPSA) is 72.2 Å². The van der Waals surface area contributed by atoms with Gasteiger partial charge in [-0.3, -0.25) is 0 Å². The van der Waals surface area contributed by atoms with Gasteiger partial charge in [-0.05, 0) is 38.6 Å². The minimum absolute atomic E-state index is 0.0807. The van der Waals surface area contributed by atoms with E-state index in [0.29, 0.717) is 12.5 Å². The summed E-state index contributed by atoms with van der Waals surface area (Å²) >= 11 is 0. The van der Waals surface area contributed by atoms with Crippen molar-refractivity contribution in [2.75, 3.05) is 12.3 Å². The van der Waals surface area contributed by atoms with E-state index in [0.717, 1.165) is 12.5 Å². The van der Waals surface area contributed by atoms with Gasteiger partial charge in [0.25, 0.3) is 0 Å². The molecule has 0 aromatic carbocycles. The molecule has 0 aliphatic heterocycles. The van der Waals surface area contributed by atoms with Crippen LogP contribution in [0.15, 0.2) is 0 Å². The van der Waals surface area contributed by atoms with Crippen LogP contribution in [0.4, 0.5) is 0 Å². The molecule has 1 aliphatic rings. The number of hydrogen-bond acceptors (Lipinski definition) is 3. The monoisotopic (exact) mass is 248 g/mol. The van der Waals surface area contributed by atoms with Crippen molar-refractivity contribution in [1.82, 2.24) is 5.32 Å². The predicted molar refractivity (Wildman–Crippen MR) is 66.6 cm³/mol. The van der Waals surface area contributed by atoms with E-state index < -0.39 is 10.0 Å². The van der Waals surface area contributed by atoms with Crippen LogP contribution in [0.1, 0.15) is 45.4 Å². The first kappa shape index (κ1) is 13.9. The average Bonchev–Trinajstić information content (AvgIpc) is 2.24. The maximum absolute atomic E-state index is 10.7. The lowest BCUT2D eigenvalue weighted by Crippen LogP contribution is -2.36. The Morgan fingerprint density at radius 2 is 1.94 bits per heavy atom. The molecule has 1 saturated carbocycles. The number of sulfonamides is 1. The molecule has 1 atom stereocenters. The number of nitrogens with two attached hydrogens (primary N) is 1. The van der Waals surface area contributed by atoms with Gasteiger partial charge in [-0.1, -0.05) is 19.3 Å². The summed E-state index contributed by atoms with van der Waals surface area (Å²) in [6.07, 6.45) is 7.28. The van der Waals surface area contributed by atoms with E-state index in [-0.39, 0.29) is 5.75 Å². The normalized spacial score (nSPS) is 20.9.